The minimum atomic E-state index is -0.124. The molecule has 2 aromatic rings. The minimum Gasteiger partial charge on any atom is -0.487 e. The summed E-state index contributed by atoms with van der Waals surface area (Å²) < 4.78 is 7.94. The largest absolute Gasteiger partial charge is 0.487 e. The number of nitrogens with one attached hydrogen (secondary N) is 2. The van der Waals surface area contributed by atoms with Crippen molar-refractivity contribution in [1.29, 1.82) is 0 Å². The average molecular weight is 652 g/mol. The summed E-state index contributed by atoms with van der Waals surface area (Å²) in [4.78, 5) is 12.0. The summed E-state index contributed by atoms with van der Waals surface area (Å²) in [5.74, 6) is 0.690. The van der Waals surface area contributed by atoms with Gasteiger partial charge < -0.3 is 10.1 Å². The van der Waals surface area contributed by atoms with Gasteiger partial charge in [0.1, 0.15) is 12.4 Å². The van der Waals surface area contributed by atoms with Gasteiger partial charge in [0.05, 0.1) is 19.9 Å². The molecule has 0 aromatic heterocycles. The van der Waals surface area contributed by atoms with Crippen LogP contribution in [0.5, 0.6) is 5.75 Å². The zero-order valence-corrected chi connectivity index (χ0v) is 21.5. The normalized spacial score (nSPS) is 14.8. The van der Waals surface area contributed by atoms with Gasteiger partial charge in [-0.25, -0.2) is 5.43 Å². The number of rotatable bonds is 8. The summed E-state index contributed by atoms with van der Waals surface area (Å²) in [7, 11) is 0. The predicted molar refractivity (Wildman–Crippen MR) is 138 cm³/mol. The zero-order chi connectivity index (χ0) is 21.3. The van der Waals surface area contributed by atoms with Gasteiger partial charge >= 0.3 is 0 Å². The highest BCUT2D eigenvalue weighted by Gasteiger charge is 2.14. The van der Waals surface area contributed by atoms with Gasteiger partial charge in [-0.2, -0.15) is 5.10 Å². The van der Waals surface area contributed by atoms with E-state index in [1.54, 1.807) is 6.21 Å². The molecule has 1 amide bonds. The van der Waals surface area contributed by atoms with E-state index >= 15 is 0 Å². The van der Waals surface area contributed by atoms with Gasteiger partial charge in [0.25, 0.3) is 5.91 Å². The van der Waals surface area contributed by atoms with Crippen molar-refractivity contribution in [3.05, 3.63) is 59.7 Å². The maximum Gasteiger partial charge on any atom is 0.254 e. The lowest BCUT2D eigenvalue weighted by atomic mass is 9.95. The average Bonchev–Trinajstić information content (AvgIpc) is 2.73. The van der Waals surface area contributed by atoms with E-state index in [1.165, 1.54) is 19.3 Å². The lowest BCUT2D eigenvalue weighted by Crippen LogP contribution is -2.38. The predicted octanol–water partition coefficient (Wildman–Crippen LogP) is 5.50. The highest BCUT2D eigenvalue weighted by molar-refractivity contribution is 14.1. The third-order valence-electron chi connectivity index (χ3n) is 4.91. The lowest BCUT2D eigenvalue weighted by Gasteiger charge is -2.22. The monoisotopic (exact) mass is 651 g/mol. The molecule has 3 rings (SSSR count). The molecular formula is C22H24ClI2N3O2. The van der Waals surface area contributed by atoms with Crippen molar-refractivity contribution in [3.8, 4) is 5.75 Å². The van der Waals surface area contributed by atoms with Crippen LogP contribution in [0.15, 0.2) is 41.5 Å². The van der Waals surface area contributed by atoms with Crippen molar-refractivity contribution < 1.29 is 9.53 Å². The fraction of sp³-hybridized carbons (Fsp3) is 0.364. The molecule has 0 unspecified atom stereocenters. The third-order valence-corrected chi connectivity index (χ3v) is 6.88. The molecule has 0 heterocycles. The number of benzene rings is 2. The fourth-order valence-corrected chi connectivity index (χ4v) is 5.64. The Morgan fingerprint density at radius 2 is 1.87 bits per heavy atom. The molecule has 1 saturated carbocycles. The molecule has 160 valence electrons. The molecule has 0 aliphatic heterocycles. The quantitative estimate of drug-likeness (QED) is 0.225. The number of carbonyl (C=O) groups is 1. The van der Waals surface area contributed by atoms with Crippen LogP contribution in [0.4, 0.5) is 0 Å². The van der Waals surface area contributed by atoms with Crippen LogP contribution in [0.1, 0.15) is 43.2 Å². The molecule has 0 atom stereocenters. The van der Waals surface area contributed by atoms with E-state index in [0.717, 1.165) is 36.9 Å². The van der Waals surface area contributed by atoms with Gasteiger partial charge in [0.2, 0.25) is 0 Å². The topological polar surface area (TPSA) is 62.7 Å². The van der Waals surface area contributed by atoms with Crippen LogP contribution < -0.4 is 15.5 Å². The number of carbonyl (C=O) groups excluding carboxylic acids is 1. The number of hydrazone groups is 1. The summed E-state index contributed by atoms with van der Waals surface area (Å²) in [5, 5.41) is 8.10. The molecule has 1 fully saturated rings. The zero-order valence-electron chi connectivity index (χ0n) is 16.5. The Morgan fingerprint density at radius 1 is 1.17 bits per heavy atom. The summed E-state index contributed by atoms with van der Waals surface area (Å²) in [6, 6.07) is 12.1. The summed E-state index contributed by atoms with van der Waals surface area (Å²) in [6.45, 7) is 0.703. The maximum atomic E-state index is 12.0. The van der Waals surface area contributed by atoms with Crippen LogP contribution >= 0.6 is 56.8 Å². The fourth-order valence-electron chi connectivity index (χ4n) is 3.32. The summed E-state index contributed by atoms with van der Waals surface area (Å²) in [5.41, 5.74) is 4.44. The number of ether oxygens (including phenoxy) is 1. The van der Waals surface area contributed by atoms with E-state index in [-0.39, 0.29) is 5.91 Å². The van der Waals surface area contributed by atoms with E-state index in [1.807, 2.05) is 36.4 Å². The third kappa shape index (κ3) is 7.35. The Bertz CT molecular complexity index is 879. The number of hydrogen-bond acceptors (Lipinski definition) is 4. The molecule has 0 saturated heterocycles. The van der Waals surface area contributed by atoms with Crippen LogP contribution in [0.2, 0.25) is 5.02 Å². The Morgan fingerprint density at radius 3 is 2.57 bits per heavy atom. The van der Waals surface area contributed by atoms with Crippen LogP contribution in [-0.2, 0) is 11.4 Å². The first-order chi connectivity index (χ1) is 14.5. The summed E-state index contributed by atoms with van der Waals surface area (Å²) in [6.07, 6.45) is 7.74. The SMILES string of the molecule is O=C(CNC1CCCCC1)N/N=C\c1cc(I)c(OCc2ccccc2Cl)c(I)c1. The summed E-state index contributed by atoms with van der Waals surface area (Å²) >= 11 is 10.7. The number of halogens is 3. The first-order valence-electron chi connectivity index (χ1n) is 9.93. The molecule has 1 aliphatic rings. The van der Waals surface area contributed by atoms with E-state index in [4.69, 9.17) is 16.3 Å². The second-order valence-corrected chi connectivity index (χ2v) is 9.93. The minimum absolute atomic E-state index is 0.124. The van der Waals surface area contributed by atoms with Gasteiger partial charge in [-0.15, -0.1) is 0 Å². The Labute approximate surface area is 209 Å². The van der Waals surface area contributed by atoms with Crippen molar-refractivity contribution in [2.24, 2.45) is 5.10 Å². The van der Waals surface area contributed by atoms with Crippen LogP contribution in [0, 0.1) is 7.14 Å². The maximum absolute atomic E-state index is 12.0. The molecule has 1 aliphatic carbocycles. The molecule has 0 radical (unpaired) electrons. The van der Waals surface area contributed by atoms with Gasteiger partial charge in [-0.3, -0.25) is 4.79 Å². The van der Waals surface area contributed by atoms with Crippen molar-refractivity contribution in [1.82, 2.24) is 10.7 Å². The van der Waals surface area contributed by atoms with Gasteiger partial charge in [-0.1, -0.05) is 49.1 Å². The second-order valence-electron chi connectivity index (χ2n) is 7.20. The number of nitrogens with zero attached hydrogens (tertiary/aromatic N) is 1. The molecular weight excluding hydrogens is 628 g/mol. The molecule has 5 nitrogen and oxygen atoms in total. The Balaban J connectivity index is 1.51. The lowest BCUT2D eigenvalue weighted by molar-refractivity contribution is -0.120. The van der Waals surface area contributed by atoms with Crippen LogP contribution in [0.25, 0.3) is 0 Å². The Kier molecular flexibility index (Phi) is 9.66. The molecule has 2 aromatic carbocycles. The van der Waals surface area contributed by atoms with Gasteiger partial charge in [0.15, 0.2) is 0 Å². The standard InChI is InChI=1S/C22H24ClI2N3O2/c23-18-9-5-4-6-16(18)14-30-22-19(24)10-15(11-20(22)25)12-27-28-21(29)13-26-17-7-2-1-3-8-17/h4-6,9-12,17,26H,1-3,7-8,13-14H2,(H,28,29)/b27-12-. The Hall–Kier alpha value is -0.910. The van der Waals surface area contributed by atoms with Crippen molar-refractivity contribution in [2.45, 2.75) is 44.8 Å². The first-order valence-corrected chi connectivity index (χ1v) is 12.5. The van der Waals surface area contributed by atoms with E-state index in [0.29, 0.717) is 24.2 Å². The number of amides is 1. The van der Waals surface area contributed by atoms with Crippen molar-refractivity contribution >= 4 is 68.9 Å². The van der Waals surface area contributed by atoms with E-state index in [2.05, 4.69) is 61.0 Å². The first kappa shape index (κ1) is 23.7. The second kappa shape index (κ2) is 12.2. The van der Waals surface area contributed by atoms with Crippen molar-refractivity contribution in [2.75, 3.05) is 6.54 Å². The van der Waals surface area contributed by atoms with Crippen LogP contribution in [0.3, 0.4) is 0 Å². The van der Waals surface area contributed by atoms with Crippen molar-refractivity contribution in [3.63, 3.8) is 0 Å². The van der Waals surface area contributed by atoms with E-state index in [9.17, 15) is 4.79 Å². The molecule has 30 heavy (non-hydrogen) atoms. The molecule has 8 heteroatoms. The van der Waals surface area contributed by atoms with E-state index < -0.39 is 0 Å². The van der Waals surface area contributed by atoms with Gasteiger partial charge in [0, 0.05) is 16.6 Å². The molecule has 2 N–H and O–H groups in total. The molecule has 0 spiro atoms. The van der Waals surface area contributed by atoms with Gasteiger partial charge in [-0.05, 0) is 81.8 Å². The van der Waals surface area contributed by atoms with Crippen LogP contribution in [-0.4, -0.2) is 24.7 Å². The highest BCUT2D eigenvalue weighted by atomic mass is 127. The highest BCUT2D eigenvalue weighted by Crippen LogP contribution is 2.30. The number of hydrogen-bond donors (Lipinski definition) is 2. The smallest absolute Gasteiger partial charge is 0.254 e. The molecule has 0 bridgehead atoms.